The topological polar surface area (TPSA) is 43.4 Å². The predicted molar refractivity (Wildman–Crippen MR) is 120 cm³/mol. The van der Waals surface area contributed by atoms with Crippen LogP contribution in [0.3, 0.4) is 0 Å². The van der Waals surface area contributed by atoms with Crippen molar-refractivity contribution >= 4 is 22.1 Å². The Kier molecular flexibility index (Phi) is 5.79. The molecule has 4 rings (SSSR count). The van der Waals surface area contributed by atoms with E-state index in [9.17, 15) is 0 Å². The van der Waals surface area contributed by atoms with Crippen molar-refractivity contribution in [3.05, 3.63) is 77.3 Å². The van der Waals surface area contributed by atoms with Crippen molar-refractivity contribution in [2.75, 3.05) is 14.2 Å². The summed E-state index contributed by atoms with van der Waals surface area (Å²) in [6.45, 7) is 2.90. The normalized spacial score (nSPS) is 12.1. The Morgan fingerprint density at radius 2 is 1.76 bits per heavy atom. The van der Waals surface area contributed by atoms with Crippen molar-refractivity contribution in [3.8, 4) is 22.1 Å². The highest BCUT2D eigenvalue weighted by atomic mass is 32.1. The van der Waals surface area contributed by atoms with E-state index >= 15 is 0 Å². The number of nitrogens with one attached hydrogen (secondary N) is 1. The van der Waals surface area contributed by atoms with Crippen molar-refractivity contribution < 1.29 is 9.47 Å². The van der Waals surface area contributed by atoms with Gasteiger partial charge in [0.25, 0.3) is 0 Å². The lowest BCUT2D eigenvalue weighted by atomic mass is 10.00. The number of hydrogen-bond donors (Lipinski definition) is 1. The molecule has 0 aliphatic rings. The van der Waals surface area contributed by atoms with E-state index in [0.29, 0.717) is 18.0 Å². The Bertz CT molecular complexity index is 1120. The van der Waals surface area contributed by atoms with Gasteiger partial charge >= 0.3 is 0 Å². The lowest BCUT2D eigenvalue weighted by molar-refractivity contribution is 0.356. The van der Waals surface area contributed by atoms with Gasteiger partial charge in [-0.05, 0) is 35.4 Å². The highest BCUT2D eigenvalue weighted by Gasteiger charge is 2.15. The monoisotopic (exact) mass is 404 g/mol. The molecule has 29 heavy (non-hydrogen) atoms. The molecule has 0 aliphatic heterocycles. The number of benzene rings is 3. The van der Waals surface area contributed by atoms with Crippen LogP contribution in [0.1, 0.15) is 24.2 Å². The van der Waals surface area contributed by atoms with Crippen LogP contribution in [0.5, 0.6) is 11.5 Å². The average molecular weight is 405 g/mol. The van der Waals surface area contributed by atoms with E-state index in [0.717, 1.165) is 16.3 Å². The Morgan fingerprint density at radius 1 is 0.966 bits per heavy atom. The molecule has 5 heteroatoms. The summed E-state index contributed by atoms with van der Waals surface area (Å²) in [7, 11) is 3.30. The number of hydrogen-bond acceptors (Lipinski definition) is 5. The molecule has 1 atom stereocenters. The van der Waals surface area contributed by atoms with Gasteiger partial charge in [-0.25, -0.2) is 4.98 Å². The molecule has 0 bridgehead atoms. The third-order valence-electron chi connectivity index (χ3n) is 5.06. The second kappa shape index (κ2) is 8.64. The quantitative estimate of drug-likeness (QED) is 0.421. The fourth-order valence-electron chi connectivity index (χ4n) is 3.56. The van der Waals surface area contributed by atoms with E-state index in [4.69, 9.17) is 14.5 Å². The van der Waals surface area contributed by atoms with Gasteiger partial charge in [0.05, 0.1) is 25.5 Å². The third kappa shape index (κ3) is 3.97. The molecule has 1 heterocycles. The molecule has 0 saturated carbocycles. The highest BCUT2D eigenvalue weighted by molar-refractivity contribution is 7.13. The van der Waals surface area contributed by atoms with Gasteiger partial charge in [-0.3, -0.25) is 0 Å². The van der Waals surface area contributed by atoms with Crippen molar-refractivity contribution in [2.45, 2.75) is 19.5 Å². The maximum Gasteiger partial charge on any atom is 0.170 e. The molecule has 4 aromatic rings. The maximum atomic E-state index is 5.55. The largest absolute Gasteiger partial charge is 0.493 e. The molecule has 1 aromatic heterocycles. The number of rotatable bonds is 7. The molecule has 0 fully saturated rings. The standard InChI is InChI=1S/C24H24N2O2S/c1-16(19-11-6-9-17-8-4-5-10-20(17)19)25-14-18-15-29-24(26-18)21-12-7-13-22(27-2)23(21)28-3/h4-13,15-16,25H,14H2,1-3H3. The first kappa shape index (κ1) is 19.4. The van der Waals surface area contributed by atoms with Crippen LogP contribution in [-0.2, 0) is 6.54 Å². The van der Waals surface area contributed by atoms with Crippen LogP contribution in [0.25, 0.3) is 21.3 Å². The Labute approximate surface area is 175 Å². The van der Waals surface area contributed by atoms with E-state index in [2.05, 4.69) is 60.1 Å². The molecule has 1 unspecified atom stereocenters. The molecule has 0 spiro atoms. The zero-order valence-electron chi connectivity index (χ0n) is 16.8. The van der Waals surface area contributed by atoms with Crippen LogP contribution < -0.4 is 14.8 Å². The van der Waals surface area contributed by atoms with E-state index < -0.39 is 0 Å². The number of fused-ring (bicyclic) bond motifs is 1. The summed E-state index contributed by atoms with van der Waals surface area (Å²) < 4.78 is 11.0. The molecule has 0 saturated heterocycles. The van der Waals surface area contributed by atoms with Crippen molar-refractivity contribution in [1.29, 1.82) is 0 Å². The number of nitrogens with zero attached hydrogens (tertiary/aromatic N) is 1. The average Bonchev–Trinajstić information content (AvgIpc) is 3.25. The Morgan fingerprint density at radius 3 is 2.59 bits per heavy atom. The molecule has 0 amide bonds. The van der Waals surface area contributed by atoms with Gasteiger partial charge in [-0.1, -0.05) is 48.5 Å². The summed E-state index contributed by atoms with van der Waals surface area (Å²) >= 11 is 1.61. The minimum absolute atomic E-state index is 0.220. The second-order valence-corrected chi connectivity index (χ2v) is 7.71. The summed E-state index contributed by atoms with van der Waals surface area (Å²) in [5.74, 6) is 1.43. The zero-order chi connectivity index (χ0) is 20.2. The van der Waals surface area contributed by atoms with E-state index in [1.807, 2.05) is 18.2 Å². The fraction of sp³-hybridized carbons (Fsp3) is 0.208. The van der Waals surface area contributed by atoms with Crippen LogP contribution in [0.15, 0.2) is 66.0 Å². The number of ether oxygens (including phenoxy) is 2. The van der Waals surface area contributed by atoms with E-state index in [1.54, 1.807) is 25.6 Å². The van der Waals surface area contributed by atoms with E-state index in [1.165, 1.54) is 16.3 Å². The summed E-state index contributed by atoms with van der Waals surface area (Å²) in [5.41, 5.74) is 3.26. The first-order valence-corrected chi connectivity index (χ1v) is 10.5. The molecular formula is C24H24N2O2S. The van der Waals surface area contributed by atoms with Crippen LogP contribution in [0.2, 0.25) is 0 Å². The molecule has 148 valence electrons. The van der Waals surface area contributed by atoms with Crippen molar-refractivity contribution in [2.24, 2.45) is 0 Å². The molecule has 0 radical (unpaired) electrons. The van der Waals surface area contributed by atoms with Crippen LogP contribution in [0, 0.1) is 0 Å². The van der Waals surface area contributed by atoms with Gasteiger partial charge in [0, 0.05) is 18.0 Å². The van der Waals surface area contributed by atoms with Crippen LogP contribution >= 0.6 is 11.3 Å². The lowest BCUT2D eigenvalue weighted by Gasteiger charge is -2.16. The van der Waals surface area contributed by atoms with E-state index in [-0.39, 0.29) is 6.04 Å². The predicted octanol–water partition coefficient (Wildman–Crippen LogP) is 5.83. The molecule has 3 aromatic carbocycles. The van der Waals surface area contributed by atoms with Crippen molar-refractivity contribution in [3.63, 3.8) is 0 Å². The Hall–Kier alpha value is -2.89. The number of methoxy groups -OCH3 is 2. The fourth-order valence-corrected chi connectivity index (χ4v) is 4.40. The SMILES string of the molecule is COc1cccc(-c2nc(CNC(C)c3cccc4ccccc34)cs2)c1OC. The van der Waals surface area contributed by atoms with Gasteiger partial charge in [0.1, 0.15) is 5.01 Å². The highest BCUT2D eigenvalue weighted by Crippen LogP contribution is 2.39. The van der Waals surface area contributed by atoms with Crippen LogP contribution in [-0.4, -0.2) is 19.2 Å². The molecule has 1 N–H and O–H groups in total. The van der Waals surface area contributed by atoms with Gasteiger partial charge in [-0.2, -0.15) is 0 Å². The van der Waals surface area contributed by atoms with Crippen LogP contribution in [0.4, 0.5) is 0 Å². The smallest absolute Gasteiger partial charge is 0.170 e. The van der Waals surface area contributed by atoms with Gasteiger partial charge in [-0.15, -0.1) is 11.3 Å². The zero-order valence-corrected chi connectivity index (χ0v) is 17.6. The van der Waals surface area contributed by atoms with Gasteiger partial charge in [0.2, 0.25) is 0 Å². The lowest BCUT2D eigenvalue weighted by Crippen LogP contribution is -2.18. The first-order valence-electron chi connectivity index (χ1n) is 9.58. The number of thiazole rings is 1. The minimum atomic E-state index is 0.220. The maximum absolute atomic E-state index is 5.55. The summed E-state index contributed by atoms with van der Waals surface area (Å²) in [6, 6.07) is 21.0. The number of para-hydroxylation sites is 1. The molecule has 0 aliphatic carbocycles. The Balaban J connectivity index is 1.52. The van der Waals surface area contributed by atoms with Gasteiger partial charge in [0.15, 0.2) is 11.5 Å². The summed E-state index contributed by atoms with van der Waals surface area (Å²) in [5, 5.41) is 9.18. The molecular weight excluding hydrogens is 380 g/mol. The summed E-state index contributed by atoms with van der Waals surface area (Å²) in [6.07, 6.45) is 0. The van der Waals surface area contributed by atoms with Gasteiger partial charge < -0.3 is 14.8 Å². The second-order valence-electron chi connectivity index (χ2n) is 6.86. The molecule has 4 nitrogen and oxygen atoms in total. The van der Waals surface area contributed by atoms with Crippen molar-refractivity contribution in [1.82, 2.24) is 10.3 Å². The minimum Gasteiger partial charge on any atom is -0.493 e. The summed E-state index contributed by atoms with van der Waals surface area (Å²) in [4.78, 5) is 4.81. The first-order chi connectivity index (χ1) is 14.2. The third-order valence-corrected chi connectivity index (χ3v) is 5.99. The number of aromatic nitrogens is 1.